The van der Waals surface area contributed by atoms with E-state index in [1.807, 2.05) is 37.0 Å². The summed E-state index contributed by atoms with van der Waals surface area (Å²) in [5.74, 6) is 1.14. The van der Waals surface area contributed by atoms with Crippen LogP contribution in [0.25, 0.3) is 0 Å². The molecule has 0 heterocycles. The Labute approximate surface area is 83.9 Å². The molecule has 0 saturated carbocycles. The number of thioether (sulfide) groups is 1. The van der Waals surface area contributed by atoms with Crippen LogP contribution < -0.4 is 11.1 Å². The van der Waals surface area contributed by atoms with Gasteiger partial charge in [-0.15, -0.1) is 11.8 Å². The van der Waals surface area contributed by atoms with Crippen LogP contribution in [0.5, 0.6) is 0 Å². The van der Waals surface area contributed by atoms with Gasteiger partial charge in [-0.05, 0) is 44.0 Å². The van der Waals surface area contributed by atoms with Crippen LogP contribution in [0.1, 0.15) is 6.42 Å². The van der Waals surface area contributed by atoms with Gasteiger partial charge in [0.05, 0.1) is 0 Å². The highest BCUT2D eigenvalue weighted by Gasteiger charge is 1.93. The Bertz CT molecular complexity index is 250. The third-order valence-electron chi connectivity index (χ3n) is 1.70. The van der Waals surface area contributed by atoms with E-state index in [0.29, 0.717) is 0 Å². The summed E-state index contributed by atoms with van der Waals surface area (Å²) in [6.07, 6.45) is 1.19. The maximum absolute atomic E-state index is 5.66. The summed E-state index contributed by atoms with van der Waals surface area (Å²) in [6.45, 7) is 1.08. The Balaban J connectivity index is 2.28. The van der Waals surface area contributed by atoms with Crippen molar-refractivity contribution in [2.45, 2.75) is 11.3 Å². The summed E-state index contributed by atoms with van der Waals surface area (Å²) in [7, 11) is 1.98. The minimum atomic E-state index is 0.846. The monoisotopic (exact) mass is 196 g/mol. The van der Waals surface area contributed by atoms with Crippen molar-refractivity contribution in [1.29, 1.82) is 0 Å². The third-order valence-corrected chi connectivity index (χ3v) is 2.78. The van der Waals surface area contributed by atoms with Crippen LogP contribution in [0.3, 0.4) is 0 Å². The fourth-order valence-electron chi connectivity index (χ4n) is 1.04. The zero-order valence-electron chi connectivity index (χ0n) is 7.92. The molecule has 0 radical (unpaired) electrons. The molecule has 0 amide bonds. The van der Waals surface area contributed by atoms with E-state index in [4.69, 9.17) is 5.73 Å². The van der Waals surface area contributed by atoms with Crippen LogP contribution in [0.15, 0.2) is 29.2 Å². The molecule has 1 rings (SSSR count). The number of rotatable bonds is 5. The average Bonchev–Trinajstić information content (AvgIpc) is 2.13. The van der Waals surface area contributed by atoms with Gasteiger partial charge < -0.3 is 11.1 Å². The highest BCUT2D eigenvalue weighted by molar-refractivity contribution is 7.99. The lowest BCUT2D eigenvalue weighted by atomic mass is 10.3. The molecule has 2 nitrogen and oxygen atoms in total. The smallest absolute Gasteiger partial charge is 0.0325 e. The average molecular weight is 196 g/mol. The maximum Gasteiger partial charge on any atom is 0.0325 e. The second-order valence-corrected chi connectivity index (χ2v) is 4.05. The molecule has 13 heavy (non-hydrogen) atoms. The fraction of sp³-hybridized carbons (Fsp3) is 0.400. The first kappa shape index (κ1) is 10.4. The lowest BCUT2D eigenvalue weighted by Crippen LogP contribution is -2.07. The second-order valence-electron chi connectivity index (χ2n) is 2.88. The number of hydrogen-bond acceptors (Lipinski definition) is 3. The van der Waals surface area contributed by atoms with Crippen LogP contribution in [-0.4, -0.2) is 19.3 Å². The predicted molar refractivity (Wildman–Crippen MR) is 60.1 cm³/mol. The first-order valence-corrected chi connectivity index (χ1v) is 5.44. The topological polar surface area (TPSA) is 38.0 Å². The number of anilines is 1. The van der Waals surface area contributed by atoms with Gasteiger partial charge in [-0.2, -0.15) is 0 Å². The predicted octanol–water partition coefficient (Wildman–Crippen LogP) is 1.97. The molecule has 0 fully saturated rings. The minimum Gasteiger partial charge on any atom is -0.399 e. The standard InChI is InChI=1S/C10H16N2S/c1-12-6-3-7-13-10-5-2-4-9(11)8-10/h2,4-5,8,12H,3,6-7,11H2,1H3. The second kappa shape index (κ2) is 5.89. The third kappa shape index (κ3) is 4.20. The van der Waals surface area contributed by atoms with Gasteiger partial charge in [0, 0.05) is 10.6 Å². The van der Waals surface area contributed by atoms with E-state index in [0.717, 1.165) is 18.0 Å². The van der Waals surface area contributed by atoms with Crippen molar-refractivity contribution >= 4 is 17.4 Å². The Hall–Kier alpha value is -0.670. The molecule has 1 aromatic rings. The van der Waals surface area contributed by atoms with Gasteiger partial charge in [0.25, 0.3) is 0 Å². The van der Waals surface area contributed by atoms with E-state index in [9.17, 15) is 0 Å². The van der Waals surface area contributed by atoms with Crippen LogP contribution in [0.4, 0.5) is 5.69 Å². The highest BCUT2D eigenvalue weighted by atomic mass is 32.2. The summed E-state index contributed by atoms with van der Waals surface area (Å²) in [5, 5.41) is 3.13. The van der Waals surface area contributed by atoms with E-state index in [1.165, 1.54) is 11.3 Å². The van der Waals surface area contributed by atoms with E-state index in [-0.39, 0.29) is 0 Å². The SMILES string of the molecule is CNCCCSc1cccc(N)c1. The quantitative estimate of drug-likeness (QED) is 0.429. The Kier molecular flexibility index (Phi) is 4.72. The maximum atomic E-state index is 5.66. The molecule has 0 bridgehead atoms. The molecule has 0 saturated heterocycles. The molecular weight excluding hydrogens is 180 g/mol. The summed E-state index contributed by atoms with van der Waals surface area (Å²) < 4.78 is 0. The van der Waals surface area contributed by atoms with Gasteiger partial charge in [0.15, 0.2) is 0 Å². The first-order valence-electron chi connectivity index (χ1n) is 4.46. The summed E-state index contributed by atoms with van der Waals surface area (Å²) in [4.78, 5) is 1.26. The molecule has 0 unspecified atom stereocenters. The fourth-order valence-corrected chi connectivity index (χ4v) is 1.96. The lowest BCUT2D eigenvalue weighted by Gasteiger charge is -2.01. The zero-order chi connectivity index (χ0) is 9.52. The van der Waals surface area contributed by atoms with Crippen molar-refractivity contribution in [2.75, 3.05) is 25.1 Å². The Morgan fingerprint density at radius 3 is 3.00 bits per heavy atom. The van der Waals surface area contributed by atoms with E-state index in [2.05, 4.69) is 11.4 Å². The van der Waals surface area contributed by atoms with Crippen LogP contribution in [-0.2, 0) is 0 Å². The van der Waals surface area contributed by atoms with Crippen molar-refractivity contribution in [3.63, 3.8) is 0 Å². The minimum absolute atomic E-state index is 0.846. The van der Waals surface area contributed by atoms with Gasteiger partial charge in [-0.3, -0.25) is 0 Å². The Morgan fingerprint density at radius 1 is 1.46 bits per heavy atom. The molecule has 3 heteroatoms. The summed E-state index contributed by atoms with van der Waals surface area (Å²) >= 11 is 1.85. The molecule has 0 spiro atoms. The number of nitrogens with two attached hydrogens (primary N) is 1. The highest BCUT2D eigenvalue weighted by Crippen LogP contribution is 2.20. The number of hydrogen-bond donors (Lipinski definition) is 2. The van der Waals surface area contributed by atoms with Crippen molar-refractivity contribution in [3.8, 4) is 0 Å². The molecule has 3 N–H and O–H groups in total. The van der Waals surface area contributed by atoms with Crippen molar-refractivity contribution in [2.24, 2.45) is 0 Å². The van der Waals surface area contributed by atoms with Gasteiger partial charge >= 0.3 is 0 Å². The van der Waals surface area contributed by atoms with E-state index < -0.39 is 0 Å². The van der Waals surface area contributed by atoms with Crippen molar-refractivity contribution < 1.29 is 0 Å². The molecule has 0 aliphatic heterocycles. The summed E-state index contributed by atoms with van der Waals surface area (Å²) in [5.41, 5.74) is 6.51. The molecule has 72 valence electrons. The van der Waals surface area contributed by atoms with Crippen LogP contribution in [0.2, 0.25) is 0 Å². The molecule has 0 aliphatic carbocycles. The zero-order valence-corrected chi connectivity index (χ0v) is 8.73. The number of benzene rings is 1. The molecule has 0 aromatic heterocycles. The normalized spacial score (nSPS) is 10.2. The number of nitrogen functional groups attached to an aromatic ring is 1. The van der Waals surface area contributed by atoms with Gasteiger partial charge in [-0.1, -0.05) is 6.07 Å². The van der Waals surface area contributed by atoms with Crippen molar-refractivity contribution in [3.05, 3.63) is 24.3 Å². The Morgan fingerprint density at radius 2 is 2.31 bits per heavy atom. The van der Waals surface area contributed by atoms with Crippen LogP contribution in [0, 0.1) is 0 Å². The summed E-state index contributed by atoms with van der Waals surface area (Å²) in [6, 6.07) is 8.03. The van der Waals surface area contributed by atoms with Gasteiger partial charge in [0.2, 0.25) is 0 Å². The van der Waals surface area contributed by atoms with E-state index >= 15 is 0 Å². The first-order chi connectivity index (χ1) is 6.33. The molecule has 0 atom stereocenters. The van der Waals surface area contributed by atoms with Crippen LogP contribution >= 0.6 is 11.8 Å². The molecule has 1 aromatic carbocycles. The van der Waals surface area contributed by atoms with Gasteiger partial charge in [-0.25, -0.2) is 0 Å². The van der Waals surface area contributed by atoms with E-state index in [1.54, 1.807) is 0 Å². The molecular formula is C10H16N2S. The number of nitrogens with one attached hydrogen (secondary N) is 1. The van der Waals surface area contributed by atoms with Crippen molar-refractivity contribution in [1.82, 2.24) is 5.32 Å². The largest absolute Gasteiger partial charge is 0.399 e. The van der Waals surface area contributed by atoms with Gasteiger partial charge in [0.1, 0.15) is 0 Å². The molecule has 0 aliphatic rings. The lowest BCUT2D eigenvalue weighted by molar-refractivity contribution is 0.778.